The monoisotopic (exact) mass is 293 g/mol. The number of piperidine rings is 1. The fourth-order valence-corrected chi connectivity index (χ4v) is 3.67. The Morgan fingerprint density at radius 1 is 1.37 bits per heavy atom. The highest BCUT2D eigenvalue weighted by Crippen LogP contribution is 2.17. The summed E-state index contributed by atoms with van der Waals surface area (Å²) in [5.74, 6) is 0.0770. The number of hydrogen-bond acceptors (Lipinski definition) is 4. The molecule has 0 aromatic heterocycles. The zero-order valence-electron chi connectivity index (χ0n) is 12.0. The fraction of sp³-hybridized carbons (Fsp3) is 1.00. The SMILES string of the molecule is CCN(CC)CCNS(=O)(=O)N1CCCC(CO)C1. The molecule has 1 atom stereocenters. The molecule has 0 aliphatic carbocycles. The largest absolute Gasteiger partial charge is 0.396 e. The van der Waals surface area contributed by atoms with E-state index >= 15 is 0 Å². The number of nitrogens with zero attached hydrogens (tertiary/aromatic N) is 2. The predicted molar refractivity (Wildman–Crippen MR) is 76.1 cm³/mol. The third-order valence-corrected chi connectivity index (χ3v) is 5.27. The van der Waals surface area contributed by atoms with Gasteiger partial charge in [-0.25, -0.2) is 4.72 Å². The molecule has 2 N–H and O–H groups in total. The summed E-state index contributed by atoms with van der Waals surface area (Å²) in [5, 5.41) is 9.14. The average molecular weight is 293 g/mol. The van der Waals surface area contributed by atoms with Gasteiger partial charge in [-0.05, 0) is 31.8 Å². The Labute approximate surface area is 117 Å². The van der Waals surface area contributed by atoms with Gasteiger partial charge in [-0.1, -0.05) is 13.8 Å². The molecule has 0 spiro atoms. The Hall–Kier alpha value is -0.210. The first-order chi connectivity index (χ1) is 9.03. The van der Waals surface area contributed by atoms with Crippen molar-refractivity contribution in [2.75, 3.05) is 45.9 Å². The molecular formula is C12H27N3O3S. The molecule has 0 amide bonds. The van der Waals surface area contributed by atoms with Crippen molar-refractivity contribution in [2.45, 2.75) is 26.7 Å². The first kappa shape index (κ1) is 16.8. The van der Waals surface area contributed by atoms with Gasteiger partial charge in [0, 0.05) is 32.8 Å². The Morgan fingerprint density at radius 3 is 2.63 bits per heavy atom. The molecule has 1 rings (SSSR count). The van der Waals surface area contributed by atoms with E-state index in [9.17, 15) is 8.42 Å². The van der Waals surface area contributed by atoms with Crippen LogP contribution < -0.4 is 4.72 Å². The van der Waals surface area contributed by atoms with E-state index < -0.39 is 10.2 Å². The van der Waals surface area contributed by atoms with Crippen LogP contribution in [0.5, 0.6) is 0 Å². The molecule has 1 unspecified atom stereocenters. The average Bonchev–Trinajstić information content (AvgIpc) is 2.43. The zero-order valence-corrected chi connectivity index (χ0v) is 12.8. The molecule has 6 nitrogen and oxygen atoms in total. The van der Waals surface area contributed by atoms with Gasteiger partial charge in [-0.15, -0.1) is 0 Å². The third kappa shape index (κ3) is 5.35. The summed E-state index contributed by atoms with van der Waals surface area (Å²) >= 11 is 0. The maximum absolute atomic E-state index is 12.1. The summed E-state index contributed by atoms with van der Waals surface area (Å²) in [5.41, 5.74) is 0. The van der Waals surface area contributed by atoms with E-state index in [1.165, 1.54) is 4.31 Å². The minimum Gasteiger partial charge on any atom is -0.396 e. The van der Waals surface area contributed by atoms with E-state index in [4.69, 9.17) is 5.11 Å². The number of hydrogen-bond donors (Lipinski definition) is 2. The molecule has 0 aromatic carbocycles. The molecule has 1 saturated heterocycles. The lowest BCUT2D eigenvalue weighted by Gasteiger charge is -2.31. The van der Waals surface area contributed by atoms with Crippen molar-refractivity contribution in [3.05, 3.63) is 0 Å². The van der Waals surface area contributed by atoms with Crippen molar-refractivity contribution in [3.8, 4) is 0 Å². The molecular weight excluding hydrogens is 266 g/mol. The first-order valence-electron chi connectivity index (χ1n) is 7.11. The van der Waals surface area contributed by atoms with Crippen LogP contribution >= 0.6 is 0 Å². The maximum atomic E-state index is 12.1. The van der Waals surface area contributed by atoms with Crippen LogP contribution in [0, 0.1) is 5.92 Å². The van der Waals surface area contributed by atoms with E-state index in [1.807, 2.05) is 0 Å². The number of nitrogens with one attached hydrogen (secondary N) is 1. The lowest BCUT2D eigenvalue weighted by atomic mass is 10.0. The van der Waals surface area contributed by atoms with Crippen molar-refractivity contribution in [2.24, 2.45) is 5.92 Å². The maximum Gasteiger partial charge on any atom is 0.279 e. The Bertz CT molecular complexity index is 344. The van der Waals surface area contributed by atoms with Gasteiger partial charge in [0.05, 0.1) is 0 Å². The molecule has 1 aliphatic heterocycles. The van der Waals surface area contributed by atoms with Gasteiger partial charge >= 0.3 is 0 Å². The van der Waals surface area contributed by atoms with Gasteiger partial charge in [0.1, 0.15) is 0 Å². The summed E-state index contributed by atoms with van der Waals surface area (Å²) in [4.78, 5) is 2.18. The normalized spacial score (nSPS) is 22.0. The quantitative estimate of drug-likeness (QED) is 0.654. The van der Waals surface area contributed by atoms with E-state index in [-0.39, 0.29) is 12.5 Å². The van der Waals surface area contributed by atoms with E-state index in [0.29, 0.717) is 19.6 Å². The standard InChI is InChI=1S/C12H27N3O3S/c1-3-14(4-2)9-7-13-19(17,18)15-8-5-6-12(10-15)11-16/h12-13,16H,3-11H2,1-2H3. The van der Waals surface area contributed by atoms with E-state index in [0.717, 1.165) is 32.5 Å². The highest BCUT2D eigenvalue weighted by molar-refractivity contribution is 7.87. The summed E-state index contributed by atoms with van der Waals surface area (Å²) in [6.07, 6.45) is 1.73. The number of aliphatic hydroxyl groups excluding tert-OH is 1. The second kappa shape index (κ2) is 8.16. The second-order valence-electron chi connectivity index (χ2n) is 4.98. The van der Waals surface area contributed by atoms with Crippen LogP contribution in [0.4, 0.5) is 0 Å². The van der Waals surface area contributed by atoms with Crippen LogP contribution in [0.2, 0.25) is 0 Å². The Kier molecular flexibility index (Phi) is 7.23. The van der Waals surface area contributed by atoms with E-state index in [2.05, 4.69) is 23.5 Å². The molecule has 19 heavy (non-hydrogen) atoms. The first-order valence-corrected chi connectivity index (χ1v) is 8.55. The molecule has 0 saturated carbocycles. The second-order valence-corrected chi connectivity index (χ2v) is 6.73. The molecule has 7 heteroatoms. The highest BCUT2D eigenvalue weighted by Gasteiger charge is 2.28. The number of likely N-dealkylation sites (N-methyl/N-ethyl adjacent to an activating group) is 1. The highest BCUT2D eigenvalue weighted by atomic mass is 32.2. The Morgan fingerprint density at radius 2 is 2.05 bits per heavy atom. The molecule has 0 bridgehead atoms. The van der Waals surface area contributed by atoms with Crippen molar-refractivity contribution in [1.82, 2.24) is 13.9 Å². The van der Waals surface area contributed by atoms with Gasteiger partial charge in [0.15, 0.2) is 0 Å². The molecule has 1 aliphatic rings. The van der Waals surface area contributed by atoms with Crippen LogP contribution in [0.25, 0.3) is 0 Å². The fourth-order valence-electron chi connectivity index (χ4n) is 2.36. The van der Waals surface area contributed by atoms with Crippen LogP contribution in [0.15, 0.2) is 0 Å². The minimum absolute atomic E-state index is 0.0610. The molecule has 0 radical (unpaired) electrons. The summed E-state index contributed by atoms with van der Waals surface area (Å²) in [7, 11) is -3.39. The van der Waals surface area contributed by atoms with Crippen molar-refractivity contribution in [3.63, 3.8) is 0 Å². The lowest BCUT2D eigenvalue weighted by molar-refractivity contribution is 0.164. The molecule has 0 aromatic rings. The smallest absolute Gasteiger partial charge is 0.279 e. The number of rotatable bonds is 8. The van der Waals surface area contributed by atoms with Crippen LogP contribution in [-0.2, 0) is 10.2 Å². The van der Waals surface area contributed by atoms with Crippen molar-refractivity contribution < 1.29 is 13.5 Å². The van der Waals surface area contributed by atoms with Crippen LogP contribution in [-0.4, -0.2) is 68.6 Å². The lowest BCUT2D eigenvalue weighted by Crippen LogP contribution is -2.48. The predicted octanol–water partition coefficient (Wildman–Crippen LogP) is -0.133. The van der Waals surface area contributed by atoms with Gasteiger partial charge in [0.2, 0.25) is 0 Å². The van der Waals surface area contributed by atoms with Crippen LogP contribution in [0.3, 0.4) is 0 Å². The van der Waals surface area contributed by atoms with Gasteiger partial charge in [0.25, 0.3) is 10.2 Å². The van der Waals surface area contributed by atoms with Gasteiger partial charge < -0.3 is 10.0 Å². The topological polar surface area (TPSA) is 72.9 Å². The summed E-state index contributed by atoms with van der Waals surface area (Å²) < 4.78 is 28.3. The van der Waals surface area contributed by atoms with Gasteiger partial charge in [-0.2, -0.15) is 12.7 Å². The zero-order chi connectivity index (χ0) is 14.3. The molecule has 1 heterocycles. The van der Waals surface area contributed by atoms with Crippen molar-refractivity contribution >= 4 is 10.2 Å². The summed E-state index contributed by atoms with van der Waals surface area (Å²) in [6, 6.07) is 0. The van der Waals surface area contributed by atoms with Gasteiger partial charge in [-0.3, -0.25) is 0 Å². The Balaban J connectivity index is 2.42. The third-order valence-electron chi connectivity index (χ3n) is 3.69. The molecule has 1 fully saturated rings. The number of aliphatic hydroxyl groups is 1. The molecule has 114 valence electrons. The summed E-state index contributed by atoms with van der Waals surface area (Å²) in [6.45, 7) is 8.18. The van der Waals surface area contributed by atoms with Crippen LogP contribution in [0.1, 0.15) is 26.7 Å². The van der Waals surface area contributed by atoms with E-state index in [1.54, 1.807) is 0 Å². The van der Waals surface area contributed by atoms with Crippen molar-refractivity contribution in [1.29, 1.82) is 0 Å². The minimum atomic E-state index is -3.39.